The number of nitrogens with one attached hydrogen (secondary N) is 2. The van der Waals surface area contributed by atoms with Crippen molar-refractivity contribution in [2.45, 2.75) is 25.4 Å². The fourth-order valence-corrected chi connectivity index (χ4v) is 5.93. The van der Waals surface area contributed by atoms with E-state index < -0.39 is 0 Å². The van der Waals surface area contributed by atoms with Gasteiger partial charge in [0.1, 0.15) is 5.69 Å². The smallest absolute Gasteiger partial charge is 0.268 e. The molecule has 2 aromatic heterocycles. The molecule has 198 valence electrons. The lowest BCUT2D eigenvalue weighted by atomic mass is 9.99. The molecule has 5 aromatic rings. The summed E-state index contributed by atoms with van der Waals surface area (Å²) in [6, 6.07) is 20.7. The molecule has 6 nitrogen and oxygen atoms in total. The zero-order valence-corrected chi connectivity index (χ0v) is 23.3. The third-order valence-electron chi connectivity index (χ3n) is 7.16. The van der Waals surface area contributed by atoms with E-state index in [0.29, 0.717) is 34.0 Å². The van der Waals surface area contributed by atoms with Gasteiger partial charge >= 0.3 is 0 Å². The number of aromatic amines is 1. The van der Waals surface area contributed by atoms with Crippen molar-refractivity contribution >= 4 is 51.6 Å². The summed E-state index contributed by atoms with van der Waals surface area (Å²) in [5, 5.41) is 5.69. The fraction of sp³-hybridized carbons (Fsp3) is 0.200. The molecule has 2 N–H and O–H groups in total. The van der Waals surface area contributed by atoms with E-state index in [-0.39, 0.29) is 18.0 Å². The van der Waals surface area contributed by atoms with Gasteiger partial charge in [0.2, 0.25) is 0 Å². The van der Waals surface area contributed by atoms with Gasteiger partial charge in [0.05, 0.1) is 36.4 Å². The number of hydrogen-bond acceptors (Lipinski definition) is 3. The van der Waals surface area contributed by atoms with Crippen LogP contribution in [-0.2, 0) is 4.74 Å². The van der Waals surface area contributed by atoms with Crippen LogP contribution in [-0.4, -0.2) is 39.7 Å². The van der Waals surface area contributed by atoms with Gasteiger partial charge in [0.15, 0.2) is 0 Å². The lowest BCUT2D eigenvalue weighted by Crippen LogP contribution is -2.35. The number of carbonyl (C=O) groups excluding carboxylic acids is 1. The van der Waals surface area contributed by atoms with Gasteiger partial charge in [-0.2, -0.15) is 0 Å². The maximum atomic E-state index is 13.8. The lowest BCUT2D eigenvalue weighted by molar-refractivity contribution is 0.0926. The van der Waals surface area contributed by atoms with Crippen LogP contribution in [0, 0.1) is 0 Å². The molecule has 9 heteroatoms. The van der Waals surface area contributed by atoms with E-state index in [1.54, 1.807) is 12.4 Å². The molecule has 2 unspecified atom stereocenters. The highest BCUT2D eigenvalue weighted by atomic mass is 35.5. The summed E-state index contributed by atoms with van der Waals surface area (Å²) >= 11 is 19.2. The average molecular weight is 580 g/mol. The number of ether oxygens (including phenoxy) is 1. The van der Waals surface area contributed by atoms with Gasteiger partial charge in [-0.1, -0.05) is 77.3 Å². The lowest BCUT2D eigenvalue weighted by Gasteiger charge is -2.20. The van der Waals surface area contributed by atoms with Crippen LogP contribution in [0.5, 0.6) is 0 Å². The Balaban J connectivity index is 1.60. The summed E-state index contributed by atoms with van der Waals surface area (Å²) in [6.45, 7) is 3.17. The van der Waals surface area contributed by atoms with E-state index in [2.05, 4.69) is 21.8 Å². The molecule has 3 heterocycles. The molecule has 0 aliphatic carbocycles. The highest BCUT2D eigenvalue weighted by molar-refractivity contribution is 6.35. The molecule has 0 radical (unpaired) electrons. The van der Waals surface area contributed by atoms with Crippen molar-refractivity contribution in [2.24, 2.45) is 0 Å². The predicted molar refractivity (Wildman–Crippen MR) is 157 cm³/mol. The normalized spacial score (nSPS) is 16.1. The van der Waals surface area contributed by atoms with Crippen LogP contribution < -0.4 is 5.32 Å². The highest BCUT2D eigenvalue weighted by Crippen LogP contribution is 2.42. The Bertz CT molecular complexity index is 1670. The quantitative estimate of drug-likeness (QED) is 0.216. The summed E-state index contributed by atoms with van der Waals surface area (Å²) in [6.07, 6.45) is 2.57. The van der Waals surface area contributed by atoms with Crippen molar-refractivity contribution in [3.05, 3.63) is 99.4 Å². The number of H-pyrrole nitrogens is 1. The molecule has 39 heavy (non-hydrogen) atoms. The second-order valence-electron chi connectivity index (χ2n) is 9.66. The topological polar surface area (TPSA) is 71.9 Å². The molecule has 1 amide bonds. The van der Waals surface area contributed by atoms with E-state index in [0.717, 1.165) is 45.4 Å². The third-order valence-corrected chi connectivity index (χ3v) is 7.96. The number of rotatable bonds is 6. The third kappa shape index (κ3) is 4.94. The fourth-order valence-electron chi connectivity index (χ4n) is 5.19. The first-order valence-electron chi connectivity index (χ1n) is 12.7. The van der Waals surface area contributed by atoms with Crippen LogP contribution in [0.4, 0.5) is 0 Å². The molecule has 0 saturated carbocycles. The van der Waals surface area contributed by atoms with Gasteiger partial charge in [0, 0.05) is 43.7 Å². The van der Waals surface area contributed by atoms with Crippen LogP contribution in [0.1, 0.15) is 35.4 Å². The maximum absolute atomic E-state index is 13.8. The number of benzene rings is 3. The molecule has 0 spiro atoms. The van der Waals surface area contributed by atoms with Crippen LogP contribution in [0.2, 0.25) is 15.1 Å². The zero-order chi connectivity index (χ0) is 27.1. The van der Waals surface area contributed by atoms with Crippen LogP contribution in [0.3, 0.4) is 0 Å². The first-order chi connectivity index (χ1) is 18.9. The summed E-state index contributed by atoms with van der Waals surface area (Å²) in [5.74, 6) is -0.211. The van der Waals surface area contributed by atoms with Gasteiger partial charge < -0.3 is 19.6 Å². The Labute approximate surface area is 240 Å². The van der Waals surface area contributed by atoms with Crippen LogP contribution >= 0.6 is 34.8 Å². The number of nitrogens with zero attached hydrogens (tertiary/aromatic N) is 2. The van der Waals surface area contributed by atoms with Gasteiger partial charge in [-0.05, 0) is 43.2 Å². The first kappa shape index (κ1) is 26.0. The van der Waals surface area contributed by atoms with Gasteiger partial charge in [-0.3, -0.25) is 4.79 Å². The first-order valence-corrected chi connectivity index (χ1v) is 13.8. The Kier molecular flexibility index (Phi) is 7.12. The van der Waals surface area contributed by atoms with E-state index in [9.17, 15) is 4.79 Å². The van der Waals surface area contributed by atoms with Crippen molar-refractivity contribution in [2.75, 3.05) is 13.2 Å². The predicted octanol–water partition coefficient (Wildman–Crippen LogP) is 7.79. The molecule has 0 bridgehead atoms. The summed E-state index contributed by atoms with van der Waals surface area (Å²) in [4.78, 5) is 22.0. The molecule has 2 atom stereocenters. The minimum atomic E-state index is -0.217. The zero-order valence-electron chi connectivity index (χ0n) is 21.0. The summed E-state index contributed by atoms with van der Waals surface area (Å²) in [5.41, 5.74) is 5.30. The monoisotopic (exact) mass is 578 g/mol. The van der Waals surface area contributed by atoms with Crippen molar-refractivity contribution in [1.82, 2.24) is 19.9 Å². The number of fused-ring (bicyclic) bond motifs is 1. The Hall–Kier alpha value is -3.29. The molecule has 1 aliphatic heterocycles. The summed E-state index contributed by atoms with van der Waals surface area (Å²) in [7, 11) is 0. The summed E-state index contributed by atoms with van der Waals surface area (Å²) < 4.78 is 7.55. The molecule has 1 fully saturated rings. The number of carbonyl (C=O) groups is 1. The molecule has 3 aromatic carbocycles. The van der Waals surface area contributed by atoms with Crippen LogP contribution in [0.15, 0.2) is 73.1 Å². The molecule has 6 rings (SSSR count). The Morgan fingerprint density at radius 3 is 2.59 bits per heavy atom. The van der Waals surface area contributed by atoms with E-state index in [1.807, 2.05) is 60.7 Å². The molecule has 1 aliphatic rings. The van der Waals surface area contributed by atoms with E-state index >= 15 is 0 Å². The average Bonchev–Trinajstić information content (AvgIpc) is 3.67. The number of aromatic nitrogens is 3. The van der Waals surface area contributed by atoms with Crippen molar-refractivity contribution in [3.8, 4) is 22.5 Å². The minimum absolute atomic E-state index is 0.0503. The standard InChI is InChI=1S/C30H25Cl3N4O2/c1-17(22-9-7-19(31)13-24(22)33)37-16-34-27(18-5-3-2-4-6-18)29(37)26-23-10-8-20(32)14-25(23)36-28(26)30(38)35-21-11-12-39-15-21/h2-10,13-14,16-17,21,36H,11-12,15H2,1H3,(H,35,38). The van der Waals surface area contributed by atoms with Crippen molar-refractivity contribution in [3.63, 3.8) is 0 Å². The van der Waals surface area contributed by atoms with E-state index in [4.69, 9.17) is 44.5 Å². The van der Waals surface area contributed by atoms with Gasteiger partial charge in [0.25, 0.3) is 5.91 Å². The second kappa shape index (κ2) is 10.7. The number of amides is 1. The largest absolute Gasteiger partial charge is 0.379 e. The number of imidazole rings is 1. The van der Waals surface area contributed by atoms with Gasteiger partial charge in [-0.15, -0.1) is 0 Å². The Morgan fingerprint density at radius 1 is 1.08 bits per heavy atom. The second-order valence-corrected chi connectivity index (χ2v) is 10.9. The minimum Gasteiger partial charge on any atom is -0.379 e. The molecular formula is C30H25Cl3N4O2. The van der Waals surface area contributed by atoms with Gasteiger partial charge in [-0.25, -0.2) is 4.98 Å². The number of hydrogen-bond donors (Lipinski definition) is 2. The highest BCUT2D eigenvalue weighted by Gasteiger charge is 2.29. The number of halogens is 3. The van der Waals surface area contributed by atoms with Crippen molar-refractivity contribution < 1.29 is 9.53 Å². The molecular weight excluding hydrogens is 555 g/mol. The molecule has 1 saturated heterocycles. The van der Waals surface area contributed by atoms with Crippen molar-refractivity contribution in [1.29, 1.82) is 0 Å². The van der Waals surface area contributed by atoms with E-state index in [1.165, 1.54) is 0 Å². The van der Waals surface area contributed by atoms with Crippen LogP contribution in [0.25, 0.3) is 33.4 Å². The Morgan fingerprint density at radius 2 is 1.85 bits per heavy atom. The maximum Gasteiger partial charge on any atom is 0.268 e. The SMILES string of the molecule is CC(c1ccc(Cl)cc1Cl)n1cnc(-c2ccccc2)c1-c1c(C(=O)NC2CCOC2)[nH]c2cc(Cl)ccc12.